The topological polar surface area (TPSA) is 99.2 Å². The number of aromatic amines is 2. The molecule has 2 N–H and O–H groups in total. The Labute approximate surface area is 120 Å². The number of nitrogens with one attached hydrogen (secondary N) is 2. The Balaban J connectivity index is 1.96. The first-order chi connectivity index (χ1) is 9.96. The van der Waals surface area contributed by atoms with Gasteiger partial charge in [0.2, 0.25) is 10.0 Å². The van der Waals surface area contributed by atoms with E-state index in [-0.39, 0.29) is 17.1 Å². The van der Waals surface area contributed by atoms with Gasteiger partial charge in [-0.3, -0.25) is 0 Å². The number of aromatic nitrogens is 2. The Kier molecular flexibility index (Phi) is 3.19. The molecule has 21 heavy (non-hydrogen) atoms. The highest BCUT2D eigenvalue weighted by Gasteiger charge is 2.22. The molecule has 3 aromatic rings. The zero-order valence-corrected chi connectivity index (χ0v) is 12.0. The lowest BCUT2D eigenvalue weighted by atomic mass is 10.3. The maximum absolute atomic E-state index is 12.5. The van der Waals surface area contributed by atoms with Crippen LogP contribution >= 0.6 is 0 Å². The summed E-state index contributed by atoms with van der Waals surface area (Å²) < 4.78 is 31.3. The smallest absolute Gasteiger partial charge is 0.323 e. The van der Waals surface area contributed by atoms with Gasteiger partial charge in [0.1, 0.15) is 5.76 Å². The molecule has 0 radical (unpaired) electrons. The van der Waals surface area contributed by atoms with E-state index in [0.29, 0.717) is 16.8 Å². The number of rotatable bonds is 4. The van der Waals surface area contributed by atoms with Crippen LogP contribution < -0.4 is 5.69 Å². The predicted molar refractivity (Wildman–Crippen MR) is 76.3 cm³/mol. The number of H-pyrrole nitrogens is 2. The van der Waals surface area contributed by atoms with Gasteiger partial charge in [-0.25, -0.2) is 13.2 Å². The van der Waals surface area contributed by atoms with Crippen LogP contribution in [-0.4, -0.2) is 29.7 Å². The Bertz CT molecular complexity index is 922. The van der Waals surface area contributed by atoms with Crippen molar-refractivity contribution in [1.82, 2.24) is 14.3 Å². The summed E-state index contributed by atoms with van der Waals surface area (Å²) in [5, 5.41) is 0. The molecule has 0 atom stereocenters. The third kappa shape index (κ3) is 2.50. The Morgan fingerprint density at radius 3 is 2.67 bits per heavy atom. The van der Waals surface area contributed by atoms with Crippen LogP contribution in [0.5, 0.6) is 0 Å². The molecule has 0 amide bonds. The number of hydrogen-bond acceptors (Lipinski definition) is 4. The lowest BCUT2D eigenvalue weighted by Gasteiger charge is -2.15. The molecule has 0 aliphatic heterocycles. The summed E-state index contributed by atoms with van der Waals surface area (Å²) in [6, 6.07) is 7.85. The summed E-state index contributed by atoms with van der Waals surface area (Å²) in [5.74, 6) is 0.553. The Morgan fingerprint density at radius 2 is 1.95 bits per heavy atom. The Morgan fingerprint density at radius 1 is 1.19 bits per heavy atom. The maximum atomic E-state index is 12.5. The van der Waals surface area contributed by atoms with E-state index in [1.165, 1.54) is 29.7 Å². The largest absolute Gasteiger partial charge is 0.468 e. The van der Waals surface area contributed by atoms with Gasteiger partial charge in [-0.05, 0) is 30.3 Å². The summed E-state index contributed by atoms with van der Waals surface area (Å²) in [5.41, 5.74) is 0.642. The van der Waals surface area contributed by atoms with Crippen molar-refractivity contribution in [1.29, 1.82) is 0 Å². The maximum Gasteiger partial charge on any atom is 0.323 e. The lowest BCUT2D eigenvalue weighted by molar-refractivity contribution is 0.406. The van der Waals surface area contributed by atoms with E-state index >= 15 is 0 Å². The van der Waals surface area contributed by atoms with Gasteiger partial charge in [0.15, 0.2) is 0 Å². The minimum Gasteiger partial charge on any atom is -0.468 e. The molecule has 0 aliphatic carbocycles. The normalized spacial score (nSPS) is 12.3. The van der Waals surface area contributed by atoms with Crippen LogP contribution in [0.25, 0.3) is 11.0 Å². The van der Waals surface area contributed by atoms with Gasteiger partial charge in [-0.2, -0.15) is 4.31 Å². The molecule has 0 aliphatic rings. The number of furan rings is 1. The fourth-order valence-electron chi connectivity index (χ4n) is 2.06. The fraction of sp³-hybridized carbons (Fsp3) is 0.154. The molecule has 0 fully saturated rings. The van der Waals surface area contributed by atoms with Crippen molar-refractivity contribution in [2.24, 2.45) is 0 Å². The molecular weight excluding hydrogens is 294 g/mol. The number of hydrogen-bond donors (Lipinski definition) is 2. The molecule has 3 rings (SSSR count). The number of benzene rings is 1. The molecule has 1 aromatic carbocycles. The van der Waals surface area contributed by atoms with Crippen LogP contribution in [-0.2, 0) is 16.6 Å². The molecule has 0 unspecified atom stereocenters. The van der Waals surface area contributed by atoms with Crippen LogP contribution in [0, 0.1) is 0 Å². The average molecular weight is 307 g/mol. The second-order valence-corrected chi connectivity index (χ2v) is 6.67. The van der Waals surface area contributed by atoms with Crippen molar-refractivity contribution in [2.45, 2.75) is 11.4 Å². The van der Waals surface area contributed by atoms with Gasteiger partial charge in [-0.1, -0.05) is 0 Å². The van der Waals surface area contributed by atoms with Crippen molar-refractivity contribution in [2.75, 3.05) is 7.05 Å². The molecule has 0 saturated heterocycles. The number of imidazole rings is 1. The number of nitrogens with zero attached hydrogens (tertiary/aromatic N) is 1. The summed E-state index contributed by atoms with van der Waals surface area (Å²) in [6.45, 7) is 0.136. The van der Waals surface area contributed by atoms with Gasteiger partial charge >= 0.3 is 5.69 Å². The van der Waals surface area contributed by atoms with Crippen molar-refractivity contribution in [3.05, 3.63) is 52.8 Å². The third-order valence-corrected chi connectivity index (χ3v) is 4.95. The molecule has 0 saturated carbocycles. The van der Waals surface area contributed by atoms with Crippen LogP contribution in [0.1, 0.15) is 5.76 Å². The molecule has 7 nitrogen and oxygen atoms in total. The summed E-state index contributed by atoms with van der Waals surface area (Å²) >= 11 is 0. The fourth-order valence-corrected chi connectivity index (χ4v) is 3.22. The summed E-state index contributed by atoms with van der Waals surface area (Å²) in [6.07, 6.45) is 1.49. The highest BCUT2D eigenvalue weighted by molar-refractivity contribution is 7.89. The van der Waals surface area contributed by atoms with E-state index in [4.69, 9.17) is 4.42 Å². The van der Waals surface area contributed by atoms with Gasteiger partial charge in [0.05, 0.1) is 28.7 Å². The van der Waals surface area contributed by atoms with E-state index in [0.717, 1.165) is 0 Å². The first kappa shape index (κ1) is 13.7. The quantitative estimate of drug-likeness (QED) is 0.758. The van der Waals surface area contributed by atoms with Gasteiger partial charge in [0.25, 0.3) is 0 Å². The minimum atomic E-state index is -3.66. The highest BCUT2D eigenvalue weighted by Crippen LogP contribution is 2.20. The van der Waals surface area contributed by atoms with Gasteiger partial charge < -0.3 is 14.4 Å². The average Bonchev–Trinajstić information content (AvgIpc) is 3.05. The van der Waals surface area contributed by atoms with Crippen LogP contribution in [0.2, 0.25) is 0 Å². The second kappa shape index (κ2) is 4.90. The summed E-state index contributed by atoms with van der Waals surface area (Å²) in [4.78, 5) is 16.4. The molecule has 2 aromatic heterocycles. The molecule has 110 valence electrons. The van der Waals surface area contributed by atoms with Crippen molar-refractivity contribution in [3.63, 3.8) is 0 Å². The molecule has 0 spiro atoms. The van der Waals surface area contributed by atoms with Crippen LogP contribution in [0.3, 0.4) is 0 Å². The zero-order valence-electron chi connectivity index (χ0n) is 11.2. The van der Waals surface area contributed by atoms with E-state index < -0.39 is 10.0 Å². The van der Waals surface area contributed by atoms with Crippen LogP contribution in [0.15, 0.2) is 50.7 Å². The molecule has 2 heterocycles. The van der Waals surface area contributed by atoms with Crippen molar-refractivity contribution in [3.8, 4) is 0 Å². The first-order valence-electron chi connectivity index (χ1n) is 6.17. The minimum absolute atomic E-state index is 0.110. The van der Waals surface area contributed by atoms with E-state index in [9.17, 15) is 13.2 Å². The number of sulfonamides is 1. The van der Waals surface area contributed by atoms with Crippen LogP contribution in [0.4, 0.5) is 0 Å². The number of fused-ring (bicyclic) bond motifs is 1. The molecule has 8 heteroatoms. The Hall–Kier alpha value is -2.32. The zero-order chi connectivity index (χ0) is 15.0. The van der Waals surface area contributed by atoms with Crippen molar-refractivity contribution >= 4 is 21.1 Å². The van der Waals surface area contributed by atoms with Crippen molar-refractivity contribution < 1.29 is 12.8 Å². The summed E-state index contributed by atoms with van der Waals surface area (Å²) in [7, 11) is -2.19. The highest BCUT2D eigenvalue weighted by atomic mass is 32.2. The lowest BCUT2D eigenvalue weighted by Crippen LogP contribution is -2.26. The second-order valence-electron chi connectivity index (χ2n) is 4.63. The van der Waals surface area contributed by atoms with Gasteiger partial charge in [0, 0.05) is 7.05 Å². The monoisotopic (exact) mass is 307 g/mol. The standard InChI is InChI=1S/C13H13N3O4S/c1-16(8-9-3-2-6-20-9)21(18,19)10-4-5-11-12(7-10)15-13(17)14-11/h2-7H,8H2,1H3,(H2,14,15,17). The molecular formula is C13H13N3O4S. The first-order valence-corrected chi connectivity index (χ1v) is 7.61. The predicted octanol–water partition coefficient (Wildman–Crippen LogP) is 1.27. The van der Waals surface area contributed by atoms with E-state index in [2.05, 4.69) is 9.97 Å². The van der Waals surface area contributed by atoms with E-state index in [1.807, 2.05) is 0 Å². The molecule has 0 bridgehead atoms. The van der Waals surface area contributed by atoms with Gasteiger partial charge in [-0.15, -0.1) is 0 Å². The third-order valence-electron chi connectivity index (χ3n) is 3.15. The SMILES string of the molecule is CN(Cc1ccco1)S(=O)(=O)c1ccc2[nH]c(=O)[nH]c2c1. The van der Waals surface area contributed by atoms with E-state index in [1.54, 1.807) is 18.2 Å².